The number of aliphatic hydroxyl groups excluding tert-OH is 2. The molecule has 0 saturated carbocycles. The van der Waals surface area contributed by atoms with Crippen molar-refractivity contribution >= 4 is 11.9 Å². The molecule has 2 unspecified atom stereocenters. The van der Waals surface area contributed by atoms with Crippen LogP contribution in [0, 0.1) is 5.82 Å². The molecule has 0 saturated heterocycles. The fraction of sp³-hybridized carbons (Fsp3) is 0.370. The van der Waals surface area contributed by atoms with Crippen LogP contribution in [0.25, 0.3) is 5.69 Å². The second-order valence-electron chi connectivity index (χ2n) is 9.24. The van der Waals surface area contributed by atoms with Gasteiger partial charge in [0, 0.05) is 11.3 Å². The number of hydrogen-bond donors (Lipinski definition) is 3. The smallest absolute Gasteiger partial charge is 0.305 e. The summed E-state index contributed by atoms with van der Waals surface area (Å²) in [6, 6.07) is 14.1. The number of carboxylic acid groups (broad SMARTS) is 1. The number of hydrogen-bond acceptors (Lipinski definition) is 5. The number of halogens is 2. The van der Waals surface area contributed by atoms with Crippen LogP contribution in [-0.2, 0) is 17.8 Å². The number of carbonyl (C=O) groups excluding carboxylic acids is 1. The maximum Gasteiger partial charge on any atom is 0.305 e. The van der Waals surface area contributed by atoms with E-state index >= 15 is 4.48 Å². The van der Waals surface area contributed by atoms with Gasteiger partial charge in [-0.2, -0.15) is 10.2 Å². The SMILES string of the molecule is CC(C)c1c(C(=O)N(F)Cc2ccccc2)nn(-c2ccc(F)cc2)c1CCC(O)CC(O)CC(=O)O. The molecule has 0 aliphatic carbocycles. The first-order valence-corrected chi connectivity index (χ1v) is 12.0. The fourth-order valence-corrected chi connectivity index (χ4v) is 4.22. The highest BCUT2D eigenvalue weighted by Gasteiger charge is 2.29. The van der Waals surface area contributed by atoms with Crippen molar-refractivity contribution in [3.8, 4) is 5.69 Å². The predicted octanol–water partition coefficient (Wildman–Crippen LogP) is 4.18. The lowest BCUT2D eigenvalue weighted by atomic mass is 9.95. The van der Waals surface area contributed by atoms with Crippen LogP contribution in [0.1, 0.15) is 66.3 Å². The first kappa shape index (κ1) is 27.9. The largest absolute Gasteiger partial charge is 0.481 e. The Hall–Kier alpha value is -3.63. The molecule has 10 heteroatoms. The summed E-state index contributed by atoms with van der Waals surface area (Å²) < 4.78 is 30.1. The lowest BCUT2D eigenvalue weighted by molar-refractivity contribution is -0.139. The lowest BCUT2D eigenvalue weighted by Crippen LogP contribution is -2.24. The standard InChI is InChI=1S/C27H31F2N3O5/c1-17(2)25-23(13-12-21(33)14-22(34)15-24(35)36)32(20-10-8-19(28)9-11-20)30-26(25)27(37)31(29)16-18-6-4-3-5-7-18/h3-11,17,21-22,33-34H,12-16H2,1-2H3,(H,35,36). The van der Waals surface area contributed by atoms with Crippen LogP contribution in [0.3, 0.4) is 0 Å². The van der Waals surface area contributed by atoms with Crippen molar-refractivity contribution in [2.24, 2.45) is 0 Å². The number of aromatic nitrogens is 2. The molecule has 2 aromatic carbocycles. The van der Waals surface area contributed by atoms with E-state index in [1.54, 1.807) is 30.3 Å². The van der Waals surface area contributed by atoms with Gasteiger partial charge in [0.1, 0.15) is 5.82 Å². The highest BCUT2D eigenvalue weighted by molar-refractivity contribution is 5.93. The number of nitrogens with zero attached hydrogens (tertiary/aromatic N) is 3. The van der Waals surface area contributed by atoms with Gasteiger partial charge >= 0.3 is 11.9 Å². The number of amides is 1. The summed E-state index contributed by atoms with van der Waals surface area (Å²) in [6.45, 7) is 3.40. The van der Waals surface area contributed by atoms with Crippen molar-refractivity contribution in [3.63, 3.8) is 0 Å². The first-order chi connectivity index (χ1) is 17.6. The van der Waals surface area contributed by atoms with E-state index in [2.05, 4.69) is 5.10 Å². The maximum absolute atomic E-state index is 15.0. The number of carbonyl (C=O) groups is 2. The quantitative estimate of drug-likeness (QED) is 0.312. The number of carboxylic acids is 1. The Bertz CT molecular complexity index is 1200. The van der Waals surface area contributed by atoms with Crippen LogP contribution in [-0.4, -0.2) is 54.3 Å². The van der Waals surface area contributed by atoms with Crippen LogP contribution >= 0.6 is 0 Å². The molecule has 1 heterocycles. The number of benzene rings is 2. The highest BCUT2D eigenvalue weighted by atomic mass is 19.2. The van der Waals surface area contributed by atoms with Crippen LogP contribution in [0.4, 0.5) is 8.87 Å². The van der Waals surface area contributed by atoms with Gasteiger partial charge in [-0.15, -0.1) is 0 Å². The molecule has 0 radical (unpaired) electrons. The van der Waals surface area contributed by atoms with Crippen LogP contribution in [0.2, 0.25) is 0 Å². The third kappa shape index (κ3) is 7.43. The molecular formula is C27H31F2N3O5. The van der Waals surface area contributed by atoms with Gasteiger partial charge in [-0.05, 0) is 55.0 Å². The van der Waals surface area contributed by atoms with E-state index in [4.69, 9.17) is 5.11 Å². The van der Waals surface area contributed by atoms with Gasteiger partial charge < -0.3 is 15.3 Å². The fourth-order valence-electron chi connectivity index (χ4n) is 4.22. The van der Waals surface area contributed by atoms with E-state index < -0.39 is 36.3 Å². The molecule has 0 bridgehead atoms. The molecule has 3 rings (SSSR count). The Morgan fingerprint density at radius 2 is 1.68 bits per heavy atom. The van der Waals surface area contributed by atoms with Crippen LogP contribution in [0.15, 0.2) is 54.6 Å². The predicted molar refractivity (Wildman–Crippen MR) is 132 cm³/mol. The van der Waals surface area contributed by atoms with Gasteiger partial charge in [-0.25, -0.2) is 9.07 Å². The molecule has 3 aromatic rings. The third-order valence-electron chi connectivity index (χ3n) is 5.93. The first-order valence-electron chi connectivity index (χ1n) is 12.0. The third-order valence-corrected chi connectivity index (χ3v) is 5.93. The lowest BCUT2D eigenvalue weighted by Gasteiger charge is -2.17. The minimum atomic E-state index is -1.21. The summed E-state index contributed by atoms with van der Waals surface area (Å²) >= 11 is 0. The maximum atomic E-state index is 15.0. The van der Waals surface area contributed by atoms with Gasteiger partial charge in [0.05, 0.1) is 30.9 Å². The molecule has 198 valence electrons. The van der Waals surface area contributed by atoms with Gasteiger partial charge in [0.25, 0.3) is 0 Å². The van der Waals surface area contributed by atoms with Gasteiger partial charge in [-0.1, -0.05) is 48.7 Å². The Kier molecular flexibility index (Phi) is 9.48. The van der Waals surface area contributed by atoms with E-state index in [-0.39, 0.29) is 42.5 Å². The second-order valence-corrected chi connectivity index (χ2v) is 9.24. The zero-order valence-corrected chi connectivity index (χ0v) is 20.7. The van der Waals surface area contributed by atoms with Gasteiger partial charge in [0.15, 0.2) is 5.69 Å². The topological polar surface area (TPSA) is 116 Å². The number of aliphatic hydroxyl groups is 2. The normalized spacial score (nSPS) is 12.9. The van der Waals surface area contributed by atoms with Crippen molar-refractivity contribution in [3.05, 3.63) is 82.9 Å². The van der Waals surface area contributed by atoms with Crippen molar-refractivity contribution < 1.29 is 33.8 Å². The summed E-state index contributed by atoms with van der Waals surface area (Å²) in [7, 11) is 0. The number of aliphatic carboxylic acids is 1. The van der Waals surface area contributed by atoms with Gasteiger partial charge in [-0.3, -0.25) is 9.59 Å². The average molecular weight is 516 g/mol. The van der Waals surface area contributed by atoms with Crippen LogP contribution < -0.4 is 0 Å². The van der Waals surface area contributed by atoms with Crippen LogP contribution in [0.5, 0.6) is 0 Å². The molecular weight excluding hydrogens is 484 g/mol. The Morgan fingerprint density at radius 1 is 1.03 bits per heavy atom. The Morgan fingerprint density at radius 3 is 2.27 bits per heavy atom. The molecule has 1 amide bonds. The summed E-state index contributed by atoms with van der Waals surface area (Å²) in [5, 5.41) is 33.6. The summed E-state index contributed by atoms with van der Waals surface area (Å²) in [5.41, 5.74) is 1.98. The van der Waals surface area contributed by atoms with E-state index in [1.165, 1.54) is 28.9 Å². The minimum Gasteiger partial charge on any atom is -0.481 e. The zero-order valence-electron chi connectivity index (χ0n) is 20.7. The molecule has 0 fully saturated rings. The summed E-state index contributed by atoms with van der Waals surface area (Å²) in [4.78, 5) is 24.0. The molecule has 3 N–H and O–H groups in total. The minimum absolute atomic E-state index is 0.0897. The monoisotopic (exact) mass is 515 g/mol. The van der Waals surface area contributed by atoms with E-state index in [9.17, 15) is 24.2 Å². The molecule has 8 nitrogen and oxygen atoms in total. The van der Waals surface area contributed by atoms with E-state index in [0.717, 1.165) is 0 Å². The number of rotatable bonds is 12. The van der Waals surface area contributed by atoms with Crippen molar-refractivity contribution in [1.82, 2.24) is 14.9 Å². The average Bonchev–Trinajstić information content (AvgIpc) is 3.22. The molecule has 0 spiro atoms. The van der Waals surface area contributed by atoms with E-state index in [0.29, 0.717) is 22.5 Å². The molecule has 37 heavy (non-hydrogen) atoms. The molecule has 2 atom stereocenters. The highest BCUT2D eigenvalue weighted by Crippen LogP contribution is 2.29. The zero-order chi connectivity index (χ0) is 27.1. The van der Waals surface area contributed by atoms with Crippen molar-refractivity contribution in [1.29, 1.82) is 0 Å². The van der Waals surface area contributed by atoms with Gasteiger partial charge in [0.2, 0.25) is 0 Å². The summed E-state index contributed by atoms with van der Waals surface area (Å²) in [5.74, 6) is -2.81. The molecule has 0 aliphatic rings. The Labute approximate surface area is 213 Å². The Balaban J connectivity index is 1.95. The molecule has 1 aromatic heterocycles. The van der Waals surface area contributed by atoms with Crippen molar-refractivity contribution in [2.75, 3.05) is 0 Å². The van der Waals surface area contributed by atoms with Crippen molar-refractivity contribution in [2.45, 2.75) is 64.2 Å². The molecule has 0 aliphatic heterocycles. The second kappa shape index (κ2) is 12.6. The van der Waals surface area contributed by atoms with E-state index in [1.807, 2.05) is 13.8 Å². The summed E-state index contributed by atoms with van der Waals surface area (Å²) in [6.07, 6.45) is -2.56.